The van der Waals surface area contributed by atoms with Gasteiger partial charge in [0, 0.05) is 6.20 Å². The van der Waals surface area contributed by atoms with Crippen LogP contribution in [-0.2, 0) is 4.79 Å². The highest BCUT2D eigenvalue weighted by molar-refractivity contribution is 5.81. The van der Waals surface area contributed by atoms with Gasteiger partial charge < -0.3 is 0 Å². The number of carbonyl (C=O) groups is 1. The van der Waals surface area contributed by atoms with Crippen LogP contribution in [-0.4, -0.2) is 10.9 Å². The summed E-state index contributed by atoms with van der Waals surface area (Å²) in [6.45, 7) is 1.64. The Morgan fingerprint density at radius 2 is 2.14 bits per heavy atom. The largest absolute Gasteiger partial charge is 0.273 e. The van der Waals surface area contributed by atoms with Crippen molar-refractivity contribution in [1.29, 1.82) is 10.5 Å². The minimum atomic E-state index is -0.333. The average molecular weight is 188 g/mol. The summed E-state index contributed by atoms with van der Waals surface area (Å²) in [5, 5.41) is 18.4. The van der Waals surface area contributed by atoms with Gasteiger partial charge in [-0.1, -0.05) is 0 Å². The van der Waals surface area contributed by atoms with Crippen molar-refractivity contribution in [2.24, 2.45) is 5.84 Å². The third-order valence-electron chi connectivity index (χ3n) is 1.90. The van der Waals surface area contributed by atoms with Gasteiger partial charge in [-0.3, -0.25) is 9.80 Å². The number of hydrogen-bond donors (Lipinski definition) is 1. The highest BCUT2D eigenvalue weighted by atomic mass is 16.2. The number of nitrogens with two attached hydrogens (primary N) is 1. The quantitative estimate of drug-likeness (QED) is 0.438. The molecule has 0 saturated carbocycles. The molecule has 1 aliphatic heterocycles. The first kappa shape index (κ1) is 9.97. The minimum Gasteiger partial charge on any atom is -0.273 e. The van der Waals surface area contributed by atoms with Crippen LogP contribution in [0, 0.1) is 22.7 Å². The second kappa shape index (κ2) is 3.73. The Kier molecular flexibility index (Phi) is 2.66. The van der Waals surface area contributed by atoms with Crippen molar-refractivity contribution < 1.29 is 4.79 Å². The molecule has 1 heterocycles. The van der Waals surface area contributed by atoms with E-state index in [9.17, 15) is 4.79 Å². The van der Waals surface area contributed by atoms with Gasteiger partial charge in [0.2, 0.25) is 5.91 Å². The van der Waals surface area contributed by atoms with Gasteiger partial charge in [-0.2, -0.15) is 10.5 Å². The number of allylic oxidation sites excluding steroid dienone is 2. The molecule has 1 amide bonds. The molecule has 14 heavy (non-hydrogen) atoms. The maximum atomic E-state index is 11.3. The molecule has 0 bridgehead atoms. The first-order chi connectivity index (χ1) is 6.60. The number of carbonyl (C=O) groups excluding carboxylic acids is 1. The van der Waals surface area contributed by atoms with Gasteiger partial charge >= 0.3 is 0 Å². The van der Waals surface area contributed by atoms with Crippen molar-refractivity contribution in [1.82, 2.24) is 5.01 Å². The molecule has 0 saturated heterocycles. The summed E-state index contributed by atoms with van der Waals surface area (Å²) in [5.41, 5.74) is 0.922. The fourth-order valence-corrected chi connectivity index (χ4v) is 1.15. The molecule has 0 spiro atoms. The number of nitrogens with zero attached hydrogens (tertiary/aromatic N) is 3. The average Bonchev–Trinajstić information content (AvgIpc) is 2.25. The van der Waals surface area contributed by atoms with E-state index in [1.165, 1.54) is 6.20 Å². The van der Waals surface area contributed by atoms with Gasteiger partial charge in [0.15, 0.2) is 0 Å². The molecular formula is C9H8N4O. The van der Waals surface area contributed by atoms with Crippen LogP contribution in [0.4, 0.5) is 0 Å². The van der Waals surface area contributed by atoms with Crippen molar-refractivity contribution in [3.63, 3.8) is 0 Å². The van der Waals surface area contributed by atoms with Gasteiger partial charge in [0.25, 0.3) is 0 Å². The van der Waals surface area contributed by atoms with Crippen molar-refractivity contribution in [3.8, 4) is 12.1 Å². The number of rotatable bonds is 0. The van der Waals surface area contributed by atoms with E-state index in [1.807, 2.05) is 12.1 Å². The third kappa shape index (κ3) is 1.63. The Hall–Kier alpha value is -2.11. The third-order valence-corrected chi connectivity index (χ3v) is 1.90. The first-order valence-electron chi connectivity index (χ1n) is 3.89. The molecule has 2 N–H and O–H groups in total. The molecule has 1 rings (SSSR count). The molecule has 0 aromatic heterocycles. The van der Waals surface area contributed by atoms with E-state index in [2.05, 4.69) is 0 Å². The van der Waals surface area contributed by atoms with Gasteiger partial charge in [-0.25, -0.2) is 5.84 Å². The normalized spacial score (nSPS) is 17.0. The maximum Gasteiger partial charge on any atom is 0.244 e. The van der Waals surface area contributed by atoms with Crippen molar-refractivity contribution >= 4 is 5.91 Å². The zero-order valence-corrected chi connectivity index (χ0v) is 7.61. The second-order valence-electron chi connectivity index (χ2n) is 2.90. The summed E-state index contributed by atoms with van der Waals surface area (Å²) in [6.07, 6.45) is 1.25. The molecule has 5 heteroatoms. The summed E-state index contributed by atoms with van der Waals surface area (Å²) < 4.78 is 0. The SMILES string of the molecule is CC1=C(C#N)C(C#N)=CN(N)C(=O)C1. The molecule has 0 atom stereocenters. The van der Waals surface area contributed by atoms with Crippen LogP contribution in [0.1, 0.15) is 13.3 Å². The van der Waals surface area contributed by atoms with E-state index in [1.54, 1.807) is 6.92 Å². The van der Waals surface area contributed by atoms with E-state index >= 15 is 0 Å². The summed E-state index contributed by atoms with van der Waals surface area (Å²) in [7, 11) is 0. The minimum absolute atomic E-state index is 0.0705. The summed E-state index contributed by atoms with van der Waals surface area (Å²) >= 11 is 0. The predicted octanol–water partition coefficient (Wildman–Crippen LogP) is 0.340. The lowest BCUT2D eigenvalue weighted by Gasteiger charge is -2.08. The number of hydrogen-bond acceptors (Lipinski definition) is 4. The number of hydrazine groups is 1. The summed E-state index contributed by atoms with van der Waals surface area (Å²) in [4.78, 5) is 11.3. The summed E-state index contributed by atoms with van der Waals surface area (Å²) in [5.74, 6) is 5.01. The molecule has 0 radical (unpaired) electrons. The molecule has 5 nitrogen and oxygen atoms in total. The fraction of sp³-hybridized carbons (Fsp3) is 0.222. The molecule has 0 aromatic rings. The lowest BCUT2D eigenvalue weighted by atomic mass is 10.0. The second-order valence-corrected chi connectivity index (χ2v) is 2.90. The first-order valence-corrected chi connectivity index (χ1v) is 3.89. The zero-order chi connectivity index (χ0) is 10.7. The van der Waals surface area contributed by atoms with Gasteiger partial charge in [0.1, 0.15) is 12.1 Å². The van der Waals surface area contributed by atoms with Gasteiger partial charge in [-0.05, 0) is 12.5 Å². The summed E-state index contributed by atoms with van der Waals surface area (Å²) in [6, 6.07) is 3.72. The highest BCUT2D eigenvalue weighted by Gasteiger charge is 2.19. The number of amides is 1. The zero-order valence-electron chi connectivity index (χ0n) is 7.61. The Morgan fingerprint density at radius 1 is 1.50 bits per heavy atom. The molecule has 70 valence electrons. The van der Waals surface area contributed by atoms with E-state index in [0.29, 0.717) is 5.57 Å². The van der Waals surface area contributed by atoms with Crippen LogP contribution in [0.15, 0.2) is 22.9 Å². The van der Waals surface area contributed by atoms with Crippen LogP contribution in [0.2, 0.25) is 0 Å². The van der Waals surface area contributed by atoms with E-state index in [-0.39, 0.29) is 23.5 Å². The standard InChI is InChI=1S/C9H8N4O/c1-6-2-9(14)13(12)5-7(3-10)8(6)4-11/h5H,2,12H2,1H3. The Morgan fingerprint density at radius 3 is 2.64 bits per heavy atom. The van der Waals surface area contributed by atoms with Crippen molar-refractivity contribution in [2.75, 3.05) is 0 Å². The molecular weight excluding hydrogens is 180 g/mol. The fourth-order valence-electron chi connectivity index (χ4n) is 1.15. The molecule has 1 aliphatic rings. The van der Waals surface area contributed by atoms with E-state index in [0.717, 1.165) is 5.01 Å². The maximum absolute atomic E-state index is 11.3. The monoisotopic (exact) mass is 188 g/mol. The predicted molar refractivity (Wildman–Crippen MR) is 47.7 cm³/mol. The van der Waals surface area contributed by atoms with Crippen molar-refractivity contribution in [3.05, 3.63) is 22.9 Å². The van der Waals surface area contributed by atoms with Crippen molar-refractivity contribution in [2.45, 2.75) is 13.3 Å². The Labute approximate surface area is 81.3 Å². The number of nitriles is 2. The van der Waals surface area contributed by atoms with Crippen LogP contribution < -0.4 is 5.84 Å². The van der Waals surface area contributed by atoms with Crippen LogP contribution in [0.25, 0.3) is 0 Å². The lowest BCUT2D eigenvalue weighted by Crippen LogP contribution is -2.31. The molecule has 0 unspecified atom stereocenters. The molecule has 0 aliphatic carbocycles. The highest BCUT2D eigenvalue weighted by Crippen LogP contribution is 2.20. The van der Waals surface area contributed by atoms with Crippen LogP contribution in [0.3, 0.4) is 0 Å². The smallest absolute Gasteiger partial charge is 0.244 e. The Bertz CT molecular complexity index is 419. The van der Waals surface area contributed by atoms with Gasteiger partial charge in [-0.15, -0.1) is 0 Å². The topological polar surface area (TPSA) is 93.9 Å². The molecule has 0 fully saturated rings. The Balaban J connectivity index is 3.30. The van der Waals surface area contributed by atoms with E-state index in [4.69, 9.17) is 16.4 Å². The lowest BCUT2D eigenvalue weighted by molar-refractivity contribution is -0.128. The molecule has 0 aromatic carbocycles. The van der Waals surface area contributed by atoms with Gasteiger partial charge in [0.05, 0.1) is 17.6 Å². The van der Waals surface area contributed by atoms with Crippen LogP contribution >= 0.6 is 0 Å². The van der Waals surface area contributed by atoms with Crippen LogP contribution in [0.5, 0.6) is 0 Å². The van der Waals surface area contributed by atoms with E-state index < -0.39 is 0 Å².